The topological polar surface area (TPSA) is 64.4 Å². The Morgan fingerprint density at radius 1 is 1.58 bits per heavy atom. The molecule has 0 aromatic carbocycles. The highest BCUT2D eigenvalue weighted by atomic mass is 32.1. The Morgan fingerprint density at radius 2 is 2.47 bits per heavy atom. The van der Waals surface area contributed by atoms with Crippen LogP contribution in [-0.4, -0.2) is 30.7 Å². The van der Waals surface area contributed by atoms with Crippen LogP contribution in [0.4, 0.5) is 0 Å². The summed E-state index contributed by atoms with van der Waals surface area (Å²) in [4.78, 5) is 13.0. The number of hydrogen-bond donors (Lipinski definition) is 2. The van der Waals surface area contributed by atoms with Crippen LogP contribution >= 0.6 is 11.3 Å². The highest BCUT2D eigenvalue weighted by Gasteiger charge is 2.41. The van der Waals surface area contributed by atoms with Crippen molar-refractivity contribution in [3.8, 4) is 11.8 Å². The highest BCUT2D eigenvalue weighted by Crippen LogP contribution is 2.34. The molecule has 3 heterocycles. The van der Waals surface area contributed by atoms with Gasteiger partial charge in [0.2, 0.25) is 0 Å². The zero-order valence-corrected chi connectivity index (χ0v) is 11.3. The number of thiophene rings is 1. The lowest BCUT2D eigenvalue weighted by atomic mass is 9.95. The molecule has 0 saturated carbocycles. The monoisotopic (exact) mass is 276 g/mol. The van der Waals surface area contributed by atoms with Gasteiger partial charge >= 0.3 is 0 Å². The van der Waals surface area contributed by atoms with Gasteiger partial charge in [0, 0.05) is 5.38 Å². The second-order valence-corrected chi connectivity index (χ2v) is 5.81. The summed E-state index contributed by atoms with van der Waals surface area (Å²) in [5.74, 6) is 5.70. The van der Waals surface area contributed by atoms with Gasteiger partial charge in [0.25, 0.3) is 5.91 Å². The lowest BCUT2D eigenvalue weighted by Gasteiger charge is -2.19. The van der Waals surface area contributed by atoms with Crippen molar-refractivity contribution in [2.24, 2.45) is 5.73 Å². The number of carbonyl (C=O) groups excluding carboxylic acids is 1. The first-order chi connectivity index (χ1) is 9.26. The minimum Gasteiger partial charge on any atom is -0.373 e. The van der Waals surface area contributed by atoms with Crippen LogP contribution in [0.3, 0.4) is 0 Å². The van der Waals surface area contributed by atoms with Crippen LogP contribution in [0.1, 0.15) is 34.5 Å². The fourth-order valence-electron chi connectivity index (χ4n) is 2.70. The summed E-state index contributed by atoms with van der Waals surface area (Å²) in [6.07, 6.45) is 3.70. The van der Waals surface area contributed by atoms with E-state index in [0.717, 1.165) is 24.1 Å². The molecule has 0 radical (unpaired) electrons. The average Bonchev–Trinajstić information content (AvgIpc) is 3.12. The van der Waals surface area contributed by atoms with Crippen molar-refractivity contribution in [3.63, 3.8) is 0 Å². The fourth-order valence-corrected chi connectivity index (χ4v) is 3.46. The molecule has 19 heavy (non-hydrogen) atoms. The van der Waals surface area contributed by atoms with Crippen LogP contribution in [0.2, 0.25) is 0 Å². The van der Waals surface area contributed by atoms with Crippen molar-refractivity contribution in [2.45, 2.75) is 37.5 Å². The molecule has 1 amide bonds. The molecule has 1 aromatic rings. The number of fused-ring (bicyclic) bond motifs is 2. The summed E-state index contributed by atoms with van der Waals surface area (Å²) in [6, 6.07) is 1.99. The number of rotatable bonds is 2. The molecule has 3 rings (SSSR count). The highest BCUT2D eigenvalue weighted by molar-refractivity contribution is 7.10. The van der Waals surface area contributed by atoms with E-state index in [0.29, 0.717) is 18.2 Å². The number of ether oxygens (including phenoxy) is 1. The lowest BCUT2D eigenvalue weighted by Crippen LogP contribution is -2.41. The molecule has 5 heteroatoms. The third-order valence-electron chi connectivity index (χ3n) is 3.60. The SMILES string of the molecule is NCC#Cc1cc(C(=O)NC2CC3CCC2O3)cs1. The van der Waals surface area contributed by atoms with Gasteiger partial charge in [0.15, 0.2) is 0 Å². The zero-order chi connectivity index (χ0) is 13.2. The smallest absolute Gasteiger partial charge is 0.252 e. The minimum absolute atomic E-state index is 0.0294. The molecule has 0 spiro atoms. The fraction of sp³-hybridized carbons (Fsp3) is 0.500. The molecular formula is C14H16N2O2S. The molecule has 2 aliphatic rings. The van der Waals surface area contributed by atoms with E-state index in [1.165, 1.54) is 11.3 Å². The maximum absolute atomic E-state index is 12.1. The van der Waals surface area contributed by atoms with Gasteiger partial charge in [-0.3, -0.25) is 4.79 Å². The summed E-state index contributed by atoms with van der Waals surface area (Å²) in [6.45, 7) is 0.335. The maximum atomic E-state index is 12.1. The Kier molecular flexibility index (Phi) is 3.56. The summed E-state index contributed by atoms with van der Waals surface area (Å²) < 4.78 is 5.73. The molecule has 0 aliphatic carbocycles. The molecule has 2 saturated heterocycles. The van der Waals surface area contributed by atoms with E-state index in [1.807, 2.05) is 11.4 Å². The molecule has 1 aromatic heterocycles. The molecule has 4 nitrogen and oxygen atoms in total. The quantitative estimate of drug-likeness (QED) is 0.795. The van der Waals surface area contributed by atoms with Gasteiger partial charge in [-0.05, 0) is 25.3 Å². The van der Waals surface area contributed by atoms with E-state index in [9.17, 15) is 4.79 Å². The van der Waals surface area contributed by atoms with Gasteiger partial charge in [-0.15, -0.1) is 11.3 Å². The van der Waals surface area contributed by atoms with Crippen LogP contribution in [0.25, 0.3) is 0 Å². The largest absolute Gasteiger partial charge is 0.373 e. The number of hydrogen-bond acceptors (Lipinski definition) is 4. The molecule has 3 atom stereocenters. The molecular weight excluding hydrogens is 260 g/mol. The third-order valence-corrected chi connectivity index (χ3v) is 4.44. The van der Waals surface area contributed by atoms with E-state index in [-0.39, 0.29) is 18.1 Å². The second kappa shape index (κ2) is 5.33. The van der Waals surface area contributed by atoms with Crippen molar-refractivity contribution in [2.75, 3.05) is 6.54 Å². The van der Waals surface area contributed by atoms with Crippen LogP contribution in [0.15, 0.2) is 11.4 Å². The van der Waals surface area contributed by atoms with E-state index >= 15 is 0 Å². The maximum Gasteiger partial charge on any atom is 0.252 e. The summed E-state index contributed by atoms with van der Waals surface area (Å²) in [7, 11) is 0. The molecule has 2 bridgehead atoms. The Morgan fingerprint density at radius 3 is 3.16 bits per heavy atom. The predicted octanol–water partition coefficient (Wildman–Crippen LogP) is 1.11. The van der Waals surface area contributed by atoms with Crippen LogP contribution in [0, 0.1) is 11.8 Å². The normalized spacial score (nSPS) is 27.9. The first-order valence-corrected chi connectivity index (χ1v) is 7.38. The Labute approximate surface area is 116 Å². The van der Waals surface area contributed by atoms with Crippen LogP contribution in [0.5, 0.6) is 0 Å². The first kappa shape index (κ1) is 12.7. The molecule has 2 fully saturated rings. The zero-order valence-electron chi connectivity index (χ0n) is 10.5. The number of nitrogens with one attached hydrogen (secondary N) is 1. The molecule has 2 aliphatic heterocycles. The van der Waals surface area contributed by atoms with Crippen molar-refractivity contribution >= 4 is 17.2 Å². The first-order valence-electron chi connectivity index (χ1n) is 6.50. The molecule has 3 N–H and O–H groups in total. The number of amides is 1. The Balaban J connectivity index is 1.62. The second-order valence-electron chi connectivity index (χ2n) is 4.90. The third kappa shape index (κ3) is 2.66. The van der Waals surface area contributed by atoms with E-state index in [4.69, 9.17) is 10.5 Å². The van der Waals surface area contributed by atoms with Gasteiger partial charge < -0.3 is 15.8 Å². The predicted molar refractivity (Wildman–Crippen MR) is 74.0 cm³/mol. The minimum atomic E-state index is -0.0294. The molecule has 3 unspecified atom stereocenters. The van der Waals surface area contributed by atoms with Gasteiger partial charge in [-0.2, -0.15) is 0 Å². The van der Waals surface area contributed by atoms with Gasteiger partial charge in [-0.1, -0.05) is 11.8 Å². The summed E-state index contributed by atoms with van der Waals surface area (Å²) in [5, 5.41) is 4.90. The number of carbonyl (C=O) groups is 1. The summed E-state index contributed by atoms with van der Waals surface area (Å²) >= 11 is 1.47. The van der Waals surface area contributed by atoms with Crippen molar-refractivity contribution in [3.05, 3.63) is 21.9 Å². The van der Waals surface area contributed by atoms with Gasteiger partial charge in [0.05, 0.1) is 35.2 Å². The van der Waals surface area contributed by atoms with Crippen molar-refractivity contribution < 1.29 is 9.53 Å². The van der Waals surface area contributed by atoms with E-state index in [1.54, 1.807) is 0 Å². The van der Waals surface area contributed by atoms with E-state index < -0.39 is 0 Å². The van der Waals surface area contributed by atoms with Crippen molar-refractivity contribution in [1.29, 1.82) is 0 Å². The molecule has 100 valence electrons. The van der Waals surface area contributed by atoms with Gasteiger partial charge in [-0.25, -0.2) is 0 Å². The Bertz CT molecular complexity index is 543. The van der Waals surface area contributed by atoms with Gasteiger partial charge in [0.1, 0.15) is 0 Å². The average molecular weight is 276 g/mol. The number of nitrogens with two attached hydrogens (primary N) is 1. The summed E-state index contributed by atoms with van der Waals surface area (Å²) in [5.41, 5.74) is 6.00. The van der Waals surface area contributed by atoms with Crippen LogP contribution in [-0.2, 0) is 4.74 Å². The van der Waals surface area contributed by atoms with Crippen LogP contribution < -0.4 is 11.1 Å². The lowest BCUT2D eigenvalue weighted by molar-refractivity contribution is 0.0841. The van der Waals surface area contributed by atoms with E-state index in [2.05, 4.69) is 17.2 Å². The van der Waals surface area contributed by atoms with Crippen molar-refractivity contribution in [1.82, 2.24) is 5.32 Å². The standard InChI is InChI=1S/C14H16N2O2S/c15-5-1-2-11-6-9(8-19-11)14(17)16-12-7-10-3-4-13(12)18-10/h6,8,10,12-13H,3-5,7,15H2,(H,16,17). The Hall–Kier alpha value is -1.35.